The van der Waals surface area contributed by atoms with Gasteiger partial charge in [0.2, 0.25) is 0 Å². The zero-order valence-corrected chi connectivity index (χ0v) is 12.8. The fourth-order valence-electron chi connectivity index (χ4n) is 1.58. The van der Waals surface area contributed by atoms with Crippen LogP contribution in [0.4, 0.5) is 5.69 Å². The summed E-state index contributed by atoms with van der Waals surface area (Å²) < 4.78 is 5.57. The van der Waals surface area contributed by atoms with Crippen molar-refractivity contribution in [2.45, 2.75) is 13.3 Å². The first-order valence-corrected chi connectivity index (χ1v) is 7.07. The number of benzene rings is 1. The van der Waals surface area contributed by atoms with Crippen molar-refractivity contribution in [3.8, 4) is 5.75 Å². The van der Waals surface area contributed by atoms with Crippen molar-refractivity contribution in [3.05, 3.63) is 46.5 Å². The van der Waals surface area contributed by atoms with Gasteiger partial charge in [-0.25, -0.2) is 4.98 Å². The smallest absolute Gasteiger partial charge is 0.276 e. The minimum atomic E-state index is -0.436. The molecule has 0 saturated carbocycles. The van der Waals surface area contributed by atoms with Gasteiger partial charge < -0.3 is 10.1 Å². The van der Waals surface area contributed by atoms with Gasteiger partial charge in [-0.3, -0.25) is 9.78 Å². The Hall–Kier alpha value is -1.85. The van der Waals surface area contributed by atoms with Crippen molar-refractivity contribution >= 4 is 34.8 Å². The molecule has 0 bridgehead atoms. The van der Waals surface area contributed by atoms with Gasteiger partial charge in [0, 0.05) is 5.02 Å². The van der Waals surface area contributed by atoms with Crippen molar-refractivity contribution in [1.82, 2.24) is 9.97 Å². The number of nitrogens with one attached hydrogen (secondary N) is 1. The molecular formula is C14H13Cl2N3O2. The topological polar surface area (TPSA) is 64.1 Å². The van der Waals surface area contributed by atoms with Crippen LogP contribution in [-0.4, -0.2) is 22.5 Å². The molecule has 1 aromatic carbocycles. The average Bonchev–Trinajstić information content (AvgIpc) is 2.46. The van der Waals surface area contributed by atoms with E-state index in [1.54, 1.807) is 18.2 Å². The van der Waals surface area contributed by atoms with Crippen LogP contribution in [0.1, 0.15) is 23.8 Å². The molecule has 21 heavy (non-hydrogen) atoms. The lowest BCUT2D eigenvalue weighted by Crippen LogP contribution is -2.15. The molecule has 7 heteroatoms. The Morgan fingerprint density at radius 3 is 2.86 bits per heavy atom. The molecule has 0 aliphatic carbocycles. The molecule has 2 aromatic rings. The summed E-state index contributed by atoms with van der Waals surface area (Å²) in [6.07, 6.45) is 3.54. The Balaban J connectivity index is 2.21. The van der Waals surface area contributed by atoms with E-state index in [1.165, 1.54) is 12.4 Å². The number of rotatable bonds is 5. The van der Waals surface area contributed by atoms with Crippen molar-refractivity contribution in [3.63, 3.8) is 0 Å². The molecule has 0 unspecified atom stereocenters. The summed E-state index contributed by atoms with van der Waals surface area (Å²) in [4.78, 5) is 19.9. The molecule has 0 fully saturated rings. The maximum absolute atomic E-state index is 12.1. The zero-order chi connectivity index (χ0) is 15.2. The van der Waals surface area contributed by atoms with E-state index >= 15 is 0 Å². The van der Waals surface area contributed by atoms with Gasteiger partial charge in [-0.2, -0.15) is 0 Å². The van der Waals surface area contributed by atoms with Gasteiger partial charge in [-0.1, -0.05) is 30.1 Å². The van der Waals surface area contributed by atoms with Gasteiger partial charge in [0.25, 0.3) is 5.91 Å². The molecule has 0 atom stereocenters. The number of amides is 1. The Labute approximate surface area is 132 Å². The minimum Gasteiger partial charge on any atom is -0.491 e. The van der Waals surface area contributed by atoms with Crippen LogP contribution < -0.4 is 10.1 Å². The Morgan fingerprint density at radius 2 is 2.14 bits per heavy atom. The third-order valence-corrected chi connectivity index (χ3v) is 2.91. The first kappa shape index (κ1) is 15.5. The first-order valence-electron chi connectivity index (χ1n) is 6.31. The number of carbonyl (C=O) groups is 1. The van der Waals surface area contributed by atoms with E-state index in [4.69, 9.17) is 27.9 Å². The molecule has 1 amide bonds. The SMILES string of the molecule is CCCOc1ccc(Cl)cc1NC(=O)c1cncc(Cl)n1. The highest BCUT2D eigenvalue weighted by Crippen LogP contribution is 2.28. The molecule has 1 aromatic heterocycles. The molecule has 1 N–H and O–H groups in total. The number of halogens is 2. The van der Waals surface area contributed by atoms with E-state index < -0.39 is 5.91 Å². The van der Waals surface area contributed by atoms with Gasteiger partial charge in [-0.15, -0.1) is 0 Å². The average molecular weight is 326 g/mol. The second-order valence-corrected chi connectivity index (χ2v) is 4.99. The number of aromatic nitrogens is 2. The molecule has 0 saturated heterocycles. The van der Waals surface area contributed by atoms with Crippen molar-refractivity contribution in [2.24, 2.45) is 0 Å². The molecule has 2 rings (SSSR count). The Kier molecular flexibility index (Phi) is 5.36. The lowest BCUT2D eigenvalue weighted by Gasteiger charge is -2.12. The van der Waals surface area contributed by atoms with Gasteiger partial charge >= 0.3 is 0 Å². The van der Waals surface area contributed by atoms with E-state index in [0.717, 1.165) is 6.42 Å². The summed E-state index contributed by atoms with van der Waals surface area (Å²) in [5, 5.41) is 3.34. The van der Waals surface area contributed by atoms with Gasteiger partial charge in [0.1, 0.15) is 16.6 Å². The van der Waals surface area contributed by atoms with Crippen LogP contribution in [0.15, 0.2) is 30.6 Å². The number of nitrogens with zero attached hydrogens (tertiary/aromatic N) is 2. The van der Waals surface area contributed by atoms with Crippen LogP contribution in [0.3, 0.4) is 0 Å². The lowest BCUT2D eigenvalue weighted by molar-refractivity contribution is 0.102. The van der Waals surface area contributed by atoms with Crippen LogP contribution in [-0.2, 0) is 0 Å². The first-order chi connectivity index (χ1) is 10.1. The third-order valence-electron chi connectivity index (χ3n) is 2.49. The normalized spacial score (nSPS) is 10.2. The molecule has 0 aliphatic rings. The summed E-state index contributed by atoms with van der Waals surface area (Å²) in [7, 11) is 0. The molecule has 110 valence electrons. The summed E-state index contributed by atoms with van der Waals surface area (Å²) in [5.74, 6) is 0.109. The van der Waals surface area contributed by atoms with E-state index in [-0.39, 0.29) is 10.8 Å². The molecular weight excluding hydrogens is 313 g/mol. The van der Waals surface area contributed by atoms with Crippen molar-refractivity contribution in [1.29, 1.82) is 0 Å². The highest BCUT2D eigenvalue weighted by molar-refractivity contribution is 6.31. The van der Waals surface area contributed by atoms with Crippen LogP contribution >= 0.6 is 23.2 Å². The van der Waals surface area contributed by atoms with E-state index in [9.17, 15) is 4.79 Å². The number of anilines is 1. The molecule has 0 spiro atoms. The number of hydrogen-bond acceptors (Lipinski definition) is 4. The quantitative estimate of drug-likeness (QED) is 0.907. The molecule has 0 radical (unpaired) electrons. The summed E-state index contributed by atoms with van der Waals surface area (Å²) in [6, 6.07) is 5.01. The summed E-state index contributed by atoms with van der Waals surface area (Å²) >= 11 is 11.7. The third kappa shape index (κ3) is 4.31. The molecule has 5 nitrogen and oxygen atoms in total. The van der Waals surface area contributed by atoms with E-state index in [1.807, 2.05) is 6.92 Å². The molecule has 1 heterocycles. The predicted octanol–water partition coefficient (Wildman–Crippen LogP) is 3.82. The number of ether oxygens (including phenoxy) is 1. The highest BCUT2D eigenvalue weighted by Gasteiger charge is 2.12. The lowest BCUT2D eigenvalue weighted by atomic mass is 10.2. The van der Waals surface area contributed by atoms with E-state index in [0.29, 0.717) is 23.1 Å². The zero-order valence-electron chi connectivity index (χ0n) is 11.3. The van der Waals surface area contributed by atoms with Gasteiger partial charge in [0.15, 0.2) is 0 Å². The number of carbonyl (C=O) groups excluding carboxylic acids is 1. The van der Waals surface area contributed by atoms with Gasteiger partial charge in [0.05, 0.1) is 24.7 Å². The second kappa shape index (κ2) is 7.24. The van der Waals surface area contributed by atoms with Crippen LogP contribution in [0, 0.1) is 0 Å². The second-order valence-electron chi connectivity index (χ2n) is 4.17. The number of hydrogen-bond donors (Lipinski definition) is 1. The molecule has 0 aliphatic heterocycles. The predicted molar refractivity (Wildman–Crippen MR) is 82.2 cm³/mol. The minimum absolute atomic E-state index is 0.115. The van der Waals surface area contributed by atoms with Crippen molar-refractivity contribution in [2.75, 3.05) is 11.9 Å². The fourth-order valence-corrected chi connectivity index (χ4v) is 1.90. The van der Waals surface area contributed by atoms with Crippen LogP contribution in [0.2, 0.25) is 10.2 Å². The van der Waals surface area contributed by atoms with Crippen LogP contribution in [0.5, 0.6) is 5.75 Å². The maximum Gasteiger partial charge on any atom is 0.276 e. The monoisotopic (exact) mass is 325 g/mol. The maximum atomic E-state index is 12.1. The highest BCUT2D eigenvalue weighted by atomic mass is 35.5. The Morgan fingerprint density at radius 1 is 1.33 bits per heavy atom. The summed E-state index contributed by atoms with van der Waals surface area (Å²) in [6.45, 7) is 2.54. The largest absolute Gasteiger partial charge is 0.491 e. The van der Waals surface area contributed by atoms with Crippen LogP contribution in [0.25, 0.3) is 0 Å². The summed E-state index contributed by atoms with van der Waals surface area (Å²) in [5.41, 5.74) is 0.589. The standard InChI is InChI=1S/C14H13Cl2N3O2/c1-2-5-21-12-4-3-9(15)6-10(12)19-14(20)11-7-17-8-13(16)18-11/h3-4,6-8H,2,5H2,1H3,(H,19,20). The van der Waals surface area contributed by atoms with E-state index in [2.05, 4.69) is 15.3 Å². The van der Waals surface area contributed by atoms with Crippen molar-refractivity contribution < 1.29 is 9.53 Å². The fraction of sp³-hybridized carbons (Fsp3) is 0.214. The van der Waals surface area contributed by atoms with Gasteiger partial charge in [-0.05, 0) is 24.6 Å². The Bertz CT molecular complexity index is 650.